The fraction of sp³-hybridized carbons (Fsp3) is 0.542. The van der Waals surface area contributed by atoms with E-state index in [1.807, 2.05) is 12.2 Å². The Hall–Kier alpha value is -1.83. The van der Waals surface area contributed by atoms with E-state index in [0.29, 0.717) is 0 Å². The minimum atomic E-state index is -0.671. The third-order valence-electron chi connectivity index (χ3n) is 6.48. The van der Waals surface area contributed by atoms with E-state index >= 15 is 0 Å². The van der Waals surface area contributed by atoms with Crippen LogP contribution in [0.2, 0.25) is 0 Å². The molecular formula is C24H32O2. The van der Waals surface area contributed by atoms with Crippen molar-refractivity contribution in [3.8, 4) is 0 Å². The van der Waals surface area contributed by atoms with Crippen LogP contribution in [0.25, 0.3) is 5.57 Å². The first-order valence-electron chi connectivity index (χ1n) is 9.77. The van der Waals surface area contributed by atoms with Gasteiger partial charge in [-0.15, -0.1) is 0 Å². The molecule has 0 aromatic heterocycles. The largest absolute Gasteiger partial charge is 0.481 e. The van der Waals surface area contributed by atoms with Crippen LogP contribution < -0.4 is 0 Å². The van der Waals surface area contributed by atoms with Gasteiger partial charge in [0.15, 0.2) is 0 Å². The lowest BCUT2D eigenvalue weighted by molar-refractivity contribution is -0.138. The molecule has 0 aliphatic heterocycles. The van der Waals surface area contributed by atoms with Crippen molar-refractivity contribution < 1.29 is 9.90 Å². The van der Waals surface area contributed by atoms with Gasteiger partial charge in [0.2, 0.25) is 0 Å². The number of fused-ring (bicyclic) bond motifs is 1. The van der Waals surface area contributed by atoms with Crippen LogP contribution in [0, 0.1) is 18.8 Å². The molecule has 2 atom stereocenters. The lowest BCUT2D eigenvalue weighted by Crippen LogP contribution is -2.34. The third-order valence-corrected chi connectivity index (χ3v) is 6.48. The van der Waals surface area contributed by atoms with Crippen molar-refractivity contribution in [1.29, 1.82) is 0 Å². The summed E-state index contributed by atoms with van der Waals surface area (Å²) in [5.74, 6) is -0.634. The van der Waals surface area contributed by atoms with Gasteiger partial charge in [0.1, 0.15) is 0 Å². The summed E-state index contributed by atoms with van der Waals surface area (Å²) in [4.78, 5) is 10.9. The molecule has 0 saturated heterocycles. The fourth-order valence-corrected chi connectivity index (χ4v) is 4.29. The average molecular weight is 353 g/mol. The predicted octanol–water partition coefficient (Wildman–Crippen LogP) is 6.02. The Balaban J connectivity index is 1.90. The second kappa shape index (κ2) is 6.40. The molecule has 2 aliphatic carbocycles. The summed E-state index contributed by atoms with van der Waals surface area (Å²) in [5.41, 5.74) is 7.32. The molecule has 2 aliphatic rings. The Labute approximate surface area is 158 Å². The Bertz CT molecular complexity index is 793. The summed E-state index contributed by atoms with van der Waals surface area (Å²) >= 11 is 0. The van der Waals surface area contributed by atoms with Crippen molar-refractivity contribution >= 4 is 11.5 Å². The van der Waals surface area contributed by atoms with Gasteiger partial charge in [0.05, 0.1) is 5.92 Å². The van der Waals surface area contributed by atoms with E-state index in [1.54, 1.807) is 0 Å². The number of aliphatic carboxylic acids is 1. The molecule has 1 unspecified atom stereocenters. The zero-order valence-electron chi connectivity index (χ0n) is 17.0. The average Bonchev–Trinajstić information content (AvgIpc) is 3.31. The van der Waals surface area contributed by atoms with Crippen LogP contribution >= 0.6 is 0 Å². The maximum Gasteiger partial charge on any atom is 0.307 e. The number of allylic oxidation sites excluding steroid dienone is 4. The van der Waals surface area contributed by atoms with Crippen molar-refractivity contribution in [1.82, 2.24) is 0 Å². The topological polar surface area (TPSA) is 37.3 Å². The van der Waals surface area contributed by atoms with E-state index in [0.717, 1.165) is 6.42 Å². The highest BCUT2D eigenvalue weighted by Crippen LogP contribution is 2.47. The first-order chi connectivity index (χ1) is 12.0. The molecule has 1 fully saturated rings. The molecule has 140 valence electrons. The van der Waals surface area contributed by atoms with Gasteiger partial charge in [-0.1, -0.05) is 58.1 Å². The van der Waals surface area contributed by atoms with E-state index in [2.05, 4.69) is 59.8 Å². The van der Waals surface area contributed by atoms with Crippen molar-refractivity contribution in [3.63, 3.8) is 0 Å². The number of carbonyl (C=O) groups is 1. The molecule has 1 saturated carbocycles. The van der Waals surface area contributed by atoms with E-state index < -0.39 is 5.97 Å². The van der Waals surface area contributed by atoms with Crippen LogP contribution in [-0.2, 0) is 15.6 Å². The molecular weight excluding hydrogens is 320 g/mol. The summed E-state index contributed by atoms with van der Waals surface area (Å²) in [6.07, 6.45) is 9.44. The quantitative estimate of drug-likeness (QED) is 0.672. The molecule has 2 nitrogen and oxygen atoms in total. The van der Waals surface area contributed by atoms with E-state index in [9.17, 15) is 4.79 Å². The first-order valence-corrected chi connectivity index (χ1v) is 9.77. The summed E-state index contributed by atoms with van der Waals surface area (Å²) in [7, 11) is 0. The van der Waals surface area contributed by atoms with E-state index in [-0.39, 0.29) is 22.7 Å². The van der Waals surface area contributed by atoms with Crippen molar-refractivity contribution in [2.75, 3.05) is 0 Å². The Kier molecular flexibility index (Phi) is 4.67. The van der Waals surface area contributed by atoms with Crippen molar-refractivity contribution in [3.05, 3.63) is 52.6 Å². The van der Waals surface area contributed by atoms with Crippen LogP contribution in [0.3, 0.4) is 0 Å². The molecule has 0 spiro atoms. The van der Waals surface area contributed by atoms with E-state index in [4.69, 9.17) is 5.11 Å². The van der Waals surface area contributed by atoms with Gasteiger partial charge in [-0.2, -0.15) is 0 Å². The number of aryl methyl sites for hydroxylation is 1. The third kappa shape index (κ3) is 3.51. The van der Waals surface area contributed by atoms with Crippen LogP contribution in [0.15, 0.2) is 30.4 Å². The maximum atomic E-state index is 10.9. The van der Waals surface area contributed by atoms with E-state index in [1.165, 1.54) is 40.7 Å². The standard InChI is InChI=1S/C24H32O2/c1-15(8-7-9-17-13-19(17)22(25)26)18-14-21-20(12-16(18)2)23(3,4)10-11-24(21,5)6/h7-9,12,14,17,19H,10-11,13H2,1-6H3,(H,25,26)/t17?,19-/m1/s1. The van der Waals surface area contributed by atoms with Gasteiger partial charge in [-0.25, -0.2) is 0 Å². The summed E-state index contributed by atoms with van der Waals surface area (Å²) in [6.45, 7) is 13.8. The molecule has 0 bridgehead atoms. The van der Waals surface area contributed by atoms with Crippen LogP contribution in [0.4, 0.5) is 0 Å². The highest BCUT2D eigenvalue weighted by Gasteiger charge is 2.41. The number of carboxylic acids is 1. The van der Waals surface area contributed by atoms with Gasteiger partial charge in [0, 0.05) is 0 Å². The first kappa shape index (κ1) is 18.9. The fourth-order valence-electron chi connectivity index (χ4n) is 4.29. The normalized spacial score (nSPS) is 26.6. The summed E-state index contributed by atoms with van der Waals surface area (Å²) in [5, 5.41) is 9.00. The molecule has 3 rings (SSSR count). The summed E-state index contributed by atoms with van der Waals surface area (Å²) < 4.78 is 0. The second-order valence-electron chi connectivity index (χ2n) is 9.56. The molecule has 0 radical (unpaired) electrons. The maximum absolute atomic E-state index is 10.9. The Morgan fingerprint density at radius 3 is 2.23 bits per heavy atom. The minimum Gasteiger partial charge on any atom is -0.481 e. The molecule has 1 N–H and O–H groups in total. The predicted molar refractivity (Wildman–Crippen MR) is 108 cm³/mol. The highest BCUT2D eigenvalue weighted by molar-refractivity contribution is 5.74. The monoisotopic (exact) mass is 352 g/mol. The SMILES string of the molecule is CC(=CC=CC1C[C@H]1C(=O)O)c1cc2c(cc1C)C(C)(C)CCC2(C)C. The molecule has 2 heteroatoms. The molecule has 1 aromatic carbocycles. The Morgan fingerprint density at radius 2 is 1.69 bits per heavy atom. The summed E-state index contributed by atoms with van der Waals surface area (Å²) in [6, 6.07) is 4.80. The van der Waals surface area contributed by atoms with Crippen LogP contribution in [0.1, 0.15) is 76.1 Å². The molecule has 26 heavy (non-hydrogen) atoms. The minimum absolute atomic E-state index is 0.173. The van der Waals surface area contributed by atoms with Gasteiger partial charge in [0.25, 0.3) is 0 Å². The Morgan fingerprint density at radius 1 is 1.12 bits per heavy atom. The van der Waals surface area contributed by atoms with Crippen LogP contribution in [-0.4, -0.2) is 11.1 Å². The van der Waals surface area contributed by atoms with Gasteiger partial charge in [-0.05, 0) is 77.7 Å². The molecule has 0 heterocycles. The number of hydrogen-bond acceptors (Lipinski definition) is 1. The number of rotatable bonds is 4. The zero-order valence-corrected chi connectivity index (χ0v) is 17.0. The molecule has 1 aromatic rings. The number of benzene rings is 1. The van der Waals surface area contributed by atoms with Crippen molar-refractivity contribution in [2.24, 2.45) is 11.8 Å². The number of hydrogen-bond donors (Lipinski definition) is 1. The van der Waals surface area contributed by atoms with Gasteiger partial charge in [-0.3, -0.25) is 4.79 Å². The number of carboxylic acid groups (broad SMARTS) is 1. The lowest BCUT2D eigenvalue weighted by Gasteiger charge is -2.42. The van der Waals surface area contributed by atoms with Crippen LogP contribution in [0.5, 0.6) is 0 Å². The smallest absolute Gasteiger partial charge is 0.307 e. The zero-order chi connectivity index (χ0) is 19.3. The highest BCUT2D eigenvalue weighted by atomic mass is 16.4. The second-order valence-corrected chi connectivity index (χ2v) is 9.56. The van der Waals surface area contributed by atoms with Gasteiger partial charge < -0.3 is 5.11 Å². The lowest BCUT2D eigenvalue weighted by atomic mass is 9.62. The van der Waals surface area contributed by atoms with Crippen molar-refractivity contribution in [2.45, 2.75) is 71.6 Å². The molecule has 0 amide bonds. The van der Waals surface area contributed by atoms with Gasteiger partial charge >= 0.3 is 5.97 Å².